The Kier molecular flexibility index (Phi) is 5.76. The third-order valence-electron chi connectivity index (χ3n) is 2.40. The van der Waals surface area contributed by atoms with Crippen molar-refractivity contribution in [1.82, 2.24) is 0 Å². The Morgan fingerprint density at radius 2 is 1.25 bits per heavy atom. The van der Waals surface area contributed by atoms with Gasteiger partial charge in [0.25, 0.3) is 10.1 Å². The van der Waals surface area contributed by atoms with Crippen molar-refractivity contribution in [3.63, 3.8) is 0 Å². The third-order valence-corrected chi connectivity index (χ3v) is 4.34. The van der Waals surface area contributed by atoms with Gasteiger partial charge in [-0.05, 0) is 12.1 Å². The number of rotatable bonds is 6. The summed E-state index contributed by atoms with van der Waals surface area (Å²) in [7, 11) is 0. The topological polar surface area (TPSA) is 53.9 Å². The number of nitrogens with zero attached hydrogens (tertiary/aromatic N) is 2. The molecule has 0 aliphatic carbocycles. The fourth-order valence-electron chi connectivity index (χ4n) is 1.45. The van der Waals surface area contributed by atoms with Crippen molar-refractivity contribution in [2.24, 2.45) is 0 Å². The van der Waals surface area contributed by atoms with Crippen LogP contribution in [-0.4, -0.2) is 11.5 Å². The SMILES string of the molecule is [O-][n+]1ccccc1SCC=CCSc1cccc[n+]1[O-]. The van der Waals surface area contributed by atoms with Crippen molar-refractivity contribution in [1.29, 1.82) is 0 Å². The smallest absolute Gasteiger partial charge is 0.251 e. The summed E-state index contributed by atoms with van der Waals surface area (Å²) in [6.07, 6.45) is 6.99. The first-order valence-corrected chi connectivity index (χ1v) is 8.01. The summed E-state index contributed by atoms with van der Waals surface area (Å²) in [5.74, 6) is 1.47. The van der Waals surface area contributed by atoms with Crippen molar-refractivity contribution < 1.29 is 9.46 Å². The van der Waals surface area contributed by atoms with E-state index in [0.717, 1.165) is 21.0 Å². The van der Waals surface area contributed by atoms with Gasteiger partial charge in [0.15, 0.2) is 12.4 Å². The van der Waals surface area contributed by atoms with Crippen molar-refractivity contribution in [3.05, 3.63) is 71.4 Å². The standard InChI is InChI=1S/C14H14N2O2S2/c17-15-9-3-1-7-13(15)19-11-5-6-12-20-14-8-2-4-10-16(14)18/h1-10H,11-12H2. The molecule has 0 saturated heterocycles. The van der Waals surface area contributed by atoms with Crippen LogP contribution in [0.15, 0.2) is 71.0 Å². The summed E-state index contributed by atoms with van der Waals surface area (Å²) >= 11 is 2.97. The molecule has 0 radical (unpaired) electrons. The second-order valence-electron chi connectivity index (χ2n) is 3.82. The minimum atomic E-state index is 0.685. The minimum Gasteiger partial charge on any atom is -0.618 e. The normalized spacial score (nSPS) is 11.0. The van der Waals surface area contributed by atoms with Crippen LogP contribution >= 0.6 is 23.5 Å². The molecule has 0 aliphatic rings. The number of thioether (sulfide) groups is 2. The van der Waals surface area contributed by atoms with Crippen LogP contribution in [0, 0.1) is 10.4 Å². The van der Waals surface area contributed by atoms with Crippen molar-refractivity contribution in [2.45, 2.75) is 10.1 Å². The van der Waals surface area contributed by atoms with Gasteiger partial charge in [0.2, 0.25) is 0 Å². The van der Waals surface area contributed by atoms with Gasteiger partial charge in [-0.2, -0.15) is 9.46 Å². The largest absolute Gasteiger partial charge is 0.618 e. The van der Waals surface area contributed by atoms with Crippen LogP contribution in [0.4, 0.5) is 0 Å². The minimum absolute atomic E-state index is 0.685. The first kappa shape index (κ1) is 14.7. The highest BCUT2D eigenvalue weighted by molar-refractivity contribution is 7.99. The van der Waals surface area contributed by atoms with E-state index in [4.69, 9.17) is 0 Å². The molecule has 6 heteroatoms. The molecule has 0 amide bonds. The van der Waals surface area contributed by atoms with E-state index < -0.39 is 0 Å². The van der Waals surface area contributed by atoms with Gasteiger partial charge in [-0.3, -0.25) is 0 Å². The van der Waals surface area contributed by atoms with Crippen molar-refractivity contribution >= 4 is 23.5 Å². The summed E-state index contributed by atoms with van der Waals surface area (Å²) in [4.78, 5) is 0. The number of aromatic nitrogens is 2. The van der Waals surface area contributed by atoms with Gasteiger partial charge in [0.1, 0.15) is 0 Å². The van der Waals surface area contributed by atoms with Gasteiger partial charge >= 0.3 is 0 Å². The zero-order valence-electron chi connectivity index (χ0n) is 10.7. The Bertz CT molecular complexity index is 539. The monoisotopic (exact) mass is 306 g/mol. The van der Waals surface area contributed by atoms with E-state index in [1.807, 2.05) is 24.3 Å². The molecule has 0 bridgehead atoms. The molecule has 0 atom stereocenters. The van der Waals surface area contributed by atoms with E-state index in [0.29, 0.717) is 10.1 Å². The van der Waals surface area contributed by atoms with Crippen LogP contribution < -0.4 is 9.46 Å². The second-order valence-corrected chi connectivity index (χ2v) is 5.90. The molecule has 0 fully saturated rings. The summed E-state index contributed by atoms with van der Waals surface area (Å²) in [5, 5.41) is 24.2. The predicted octanol–water partition coefficient (Wildman–Crippen LogP) is 2.39. The molecular formula is C14H14N2O2S2. The van der Waals surface area contributed by atoms with Gasteiger partial charge in [-0.25, -0.2) is 0 Å². The summed E-state index contributed by atoms with van der Waals surface area (Å²) in [6.45, 7) is 0. The van der Waals surface area contributed by atoms with E-state index in [-0.39, 0.29) is 0 Å². The molecule has 2 aromatic rings. The van der Waals surface area contributed by atoms with Crippen molar-refractivity contribution in [3.8, 4) is 0 Å². The van der Waals surface area contributed by atoms with Crippen LogP contribution in [0.25, 0.3) is 0 Å². The van der Waals surface area contributed by atoms with Crippen molar-refractivity contribution in [2.75, 3.05) is 11.5 Å². The van der Waals surface area contributed by atoms with Gasteiger partial charge in [-0.1, -0.05) is 35.7 Å². The van der Waals surface area contributed by atoms with E-state index in [9.17, 15) is 10.4 Å². The molecule has 4 nitrogen and oxygen atoms in total. The van der Waals surface area contributed by atoms with Crippen LogP contribution in [0.1, 0.15) is 0 Å². The van der Waals surface area contributed by atoms with Gasteiger partial charge in [-0.15, -0.1) is 0 Å². The average Bonchev–Trinajstić information content (AvgIpc) is 2.46. The Morgan fingerprint density at radius 1 is 0.800 bits per heavy atom. The van der Waals surface area contributed by atoms with Gasteiger partial charge < -0.3 is 10.4 Å². The Labute approximate surface area is 126 Å². The molecule has 0 saturated carbocycles. The second kappa shape index (κ2) is 7.81. The predicted molar refractivity (Wildman–Crippen MR) is 81.4 cm³/mol. The maximum absolute atomic E-state index is 11.4. The van der Waals surface area contributed by atoms with Crippen LogP contribution in [0.5, 0.6) is 0 Å². The van der Waals surface area contributed by atoms with Crippen LogP contribution in [0.2, 0.25) is 0 Å². The first-order chi connectivity index (χ1) is 9.77. The molecule has 0 N–H and O–H groups in total. The van der Waals surface area contributed by atoms with E-state index in [2.05, 4.69) is 0 Å². The molecule has 2 aromatic heterocycles. The van der Waals surface area contributed by atoms with Crippen LogP contribution in [-0.2, 0) is 0 Å². The van der Waals surface area contributed by atoms with Crippen LogP contribution in [0.3, 0.4) is 0 Å². The van der Waals surface area contributed by atoms with Gasteiger partial charge in [0, 0.05) is 35.8 Å². The maximum Gasteiger partial charge on any atom is 0.251 e. The Hall–Kier alpha value is -1.66. The van der Waals surface area contributed by atoms with Gasteiger partial charge in [0.05, 0.1) is 0 Å². The molecule has 20 heavy (non-hydrogen) atoms. The zero-order valence-corrected chi connectivity index (χ0v) is 12.3. The number of hydrogen-bond donors (Lipinski definition) is 0. The molecule has 0 aromatic carbocycles. The molecule has 0 spiro atoms. The molecule has 2 heterocycles. The van der Waals surface area contributed by atoms with E-state index >= 15 is 0 Å². The Morgan fingerprint density at radius 3 is 1.65 bits per heavy atom. The lowest BCUT2D eigenvalue weighted by Gasteiger charge is -2.01. The van der Waals surface area contributed by atoms with E-state index in [1.165, 1.54) is 35.9 Å². The number of pyridine rings is 2. The lowest BCUT2D eigenvalue weighted by Crippen LogP contribution is -2.27. The highest BCUT2D eigenvalue weighted by Crippen LogP contribution is 2.14. The molecule has 104 valence electrons. The highest BCUT2D eigenvalue weighted by atomic mass is 32.2. The fraction of sp³-hybridized carbons (Fsp3) is 0.143. The Balaban J connectivity index is 1.73. The molecule has 0 unspecified atom stereocenters. The lowest BCUT2D eigenvalue weighted by atomic mass is 10.5. The maximum atomic E-state index is 11.4. The van der Waals surface area contributed by atoms with E-state index in [1.54, 1.807) is 24.3 Å². The third kappa shape index (κ3) is 4.47. The highest BCUT2D eigenvalue weighted by Gasteiger charge is 2.03. The summed E-state index contributed by atoms with van der Waals surface area (Å²) in [6, 6.07) is 10.7. The molecule has 0 aliphatic heterocycles. The fourth-order valence-corrected chi connectivity index (χ4v) is 2.98. The summed E-state index contributed by atoms with van der Waals surface area (Å²) in [5.41, 5.74) is 0. The molecular weight excluding hydrogens is 292 g/mol. The quantitative estimate of drug-likeness (QED) is 0.356. The summed E-state index contributed by atoms with van der Waals surface area (Å²) < 4.78 is 1.72. The average molecular weight is 306 g/mol. The number of hydrogen-bond acceptors (Lipinski definition) is 4. The zero-order chi connectivity index (χ0) is 14.2. The molecule has 2 rings (SSSR count). The first-order valence-electron chi connectivity index (χ1n) is 6.04. The lowest BCUT2D eigenvalue weighted by molar-refractivity contribution is -0.645.